The summed E-state index contributed by atoms with van der Waals surface area (Å²) in [5.74, 6) is 1.80. The Morgan fingerprint density at radius 2 is 1.62 bits per heavy atom. The third-order valence-electron chi connectivity index (χ3n) is 8.27. The molecule has 228 valence electrons. The Morgan fingerprint density at radius 1 is 0.952 bits per heavy atom. The van der Waals surface area contributed by atoms with Gasteiger partial charge in [-0.2, -0.15) is 0 Å². The highest BCUT2D eigenvalue weighted by Gasteiger charge is 2.27. The first-order valence-electron chi connectivity index (χ1n) is 14.5. The molecule has 2 aromatic rings. The summed E-state index contributed by atoms with van der Waals surface area (Å²) in [5.41, 5.74) is 2.67. The summed E-state index contributed by atoms with van der Waals surface area (Å²) in [4.78, 5) is 12.3. The number of nitrogens with one attached hydrogen (secondary N) is 3. The molecule has 0 aromatic heterocycles. The number of hydrogen-bond acceptors (Lipinski definition) is 10. The summed E-state index contributed by atoms with van der Waals surface area (Å²) < 4.78 is 23.9. The van der Waals surface area contributed by atoms with Crippen LogP contribution >= 0.6 is 18.7 Å². The highest BCUT2D eigenvalue weighted by Crippen LogP contribution is 2.38. The average Bonchev–Trinajstić information content (AvgIpc) is 2.99. The summed E-state index contributed by atoms with van der Waals surface area (Å²) >= 11 is 6.49. The number of amidine groups is 1. The van der Waals surface area contributed by atoms with Crippen molar-refractivity contribution in [1.29, 1.82) is 0 Å². The number of ether oxygens (including phenoxy) is 2. The summed E-state index contributed by atoms with van der Waals surface area (Å²) in [5, 5.41) is 11.0. The molecule has 3 aliphatic rings. The standard InChI is InChI=1S/C30H43ClN7O3P/c1-36-14-16-38(17-15-36)21-10-12-37(13-11-21)22-6-8-26(27(18-22)40-2)34-30-32-20-24(31)29(35-30)33-25-9-7-23(42(4,5)39)19-28(25)41-3/h6-9,18-21,30,32,34H,10-17H2,1-5H3,(H,33,35). The average molecular weight is 616 g/mol. The third kappa shape index (κ3) is 7.17. The number of likely N-dealkylation sites (N-methyl/N-ethyl adjacent to an activating group) is 1. The van der Waals surface area contributed by atoms with E-state index in [1.54, 1.807) is 39.8 Å². The number of piperidine rings is 1. The van der Waals surface area contributed by atoms with Gasteiger partial charge in [0.15, 0.2) is 6.29 Å². The van der Waals surface area contributed by atoms with Gasteiger partial charge in [0.25, 0.3) is 0 Å². The smallest absolute Gasteiger partial charge is 0.196 e. The zero-order valence-electron chi connectivity index (χ0n) is 25.2. The first-order chi connectivity index (χ1) is 20.1. The van der Waals surface area contributed by atoms with Crippen LogP contribution in [0.5, 0.6) is 11.5 Å². The summed E-state index contributed by atoms with van der Waals surface area (Å²) in [6.45, 7) is 10.2. The van der Waals surface area contributed by atoms with Crippen molar-refractivity contribution in [1.82, 2.24) is 15.1 Å². The molecule has 0 bridgehead atoms. The molecule has 3 aliphatic heterocycles. The van der Waals surface area contributed by atoms with Gasteiger partial charge in [-0.05, 0) is 63.6 Å². The van der Waals surface area contributed by atoms with Crippen LogP contribution in [0.4, 0.5) is 17.1 Å². The number of halogens is 1. The van der Waals surface area contributed by atoms with Crippen LogP contribution in [-0.4, -0.2) is 102 Å². The van der Waals surface area contributed by atoms with Crippen molar-refractivity contribution in [2.45, 2.75) is 25.2 Å². The van der Waals surface area contributed by atoms with Crippen molar-refractivity contribution in [3.63, 3.8) is 0 Å². The largest absolute Gasteiger partial charge is 0.495 e. The number of hydrogen-bond donors (Lipinski definition) is 3. The molecule has 5 rings (SSSR count). The number of anilines is 3. The normalized spacial score (nSPS) is 20.8. The van der Waals surface area contributed by atoms with Gasteiger partial charge in [-0.1, -0.05) is 11.6 Å². The SMILES string of the molecule is COc1cc(P(C)(C)=O)ccc1NC1=NC(Nc2ccc(N3CCC(N4CCN(C)CC4)CC3)cc2OC)NC=C1Cl. The molecule has 2 aromatic carbocycles. The lowest BCUT2D eigenvalue weighted by molar-refractivity contribution is 0.0982. The molecule has 10 nitrogen and oxygen atoms in total. The second-order valence-electron chi connectivity index (χ2n) is 11.5. The van der Waals surface area contributed by atoms with Gasteiger partial charge in [0.05, 0.1) is 30.6 Å². The Morgan fingerprint density at radius 3 is 2.29 bits per heavy atom. The first-order valence-corrected chi connectivity index (χ1v) is 17.4. The molecule has 12 heteroatoms. The number of piperazine rings is 1. The van der Waals surface area contributed by atoms with Crippen molar-refractivity contribution in [2.75, 3.05) is 89.4 Å². The van der Waals surface area contributed by atoms with E-state index >= 15 is 0 Å². The molecule has 0 radical (unpaired) electrons. The fourth-order valence-corrected chi connectivity index (χ4v) is 6.70. The maximum Gasteiger partial charge on any atom is 0.196 e. The fraction of sp³-hybridized carbons (Fsp3) is 0.500. The molecular formula is C30H43ClN7O3P. The van der Waals surface area contributed by atoms with Crippen molar-refractivity contribution in [3.8, 4) is 11.5 Å². The predicted octanol–water partition coefficient (Wildman–Crippen LogP) is 4.06. The van der Waals surface area contributed by atoms with E-state index in [1.807, 2.05) is 18.2 Å². The molecule has 1 atom stereocenters. The van der Waals surface area contributed by atoms with Gasteiger partial charge >= 0.3 is 0 Å². The van der Waals surface area contributed by atoms with Crippen LogP contribution in [0.15, 0.2) is 52.6 Å². The molecule has 3 N–H and O–H groups in total. The van der Waals surface area contributed by atoms with E-state index in [-0.39, 0.29) is 0 Å². The number of benzene rings is 2. The van der Waals surface area contributed by atoms with Crippen molar-refractivity contribution in [3.05, 3.63) is 47.6 Å². The Hall–Kier alpha value is -2.91. The lowest BCUT2D eigenvalue weighted by atomic mass is 10.0. The zero-order valence-corrected chi connectivity index (χ0v) is 26.8. The molecule has 0 saturated carbocycles. The maximum atomic E-state index is 12.5. The third-order valence-corrected chi connectivity index (χ3v) is 10.1. The molecular weight excluding hydrogens is 573 g/mol. The highest BCUT2D eigenvalue weighted by atomic mass is 35.5. The van der Waals surface area contributed by atoms with Gasteiger partial charge in [-0.3, -0.25) is 4.90 Å². The molecule has 0 spiro atoms. The van der Waals surface area contributed by atoms with E-state index in [0.29, 0.717) is 28.3 Å². The first kappa shape index (κ1) is 30.5. The minimum atomic E-state index is -2.43. The Kier molecular flexibility index (Phi) is 9.57. The minimum Gasteiger partial charge on any atom is -0.495 e. The molecule has 0 amide bonds. The maximum absolute atomic E-state index is 12.5. The van der Waals surface area contributed by atoms with Crippen LogP contribution in [0.2, 0.25) is 0 Å². The second-order valence-corrected chi connectivity index (χ2v) is 15.1. The lowest BCUT2D eigenvalue weighted by Gasteiger charge is -2.42. The van der Waals surface area contributed by atoms with Crippen LogP contribution in [0, 0.1) is 0 Å². The minimum absolute atomic E-state index is 0.429. The fourth-order valence-electron chi connectivity index (χ4n) is 5.68. The van der Waals surface area contributed by atoms with E-state index in [2.05, 4.69) is 49.8 Å². The zero-order chi connectivity index (χ0) is 29.9. The summed E-state index contributed by atoms with van der Waals surface area (Å²) in [6, 6.07) is 12.4. The van der Waals surface area contributed by atoms with E-state index in [9.17, 15) is 4.57 Å². The highest BCUT2D eigenvalue weighted by molar-refractivity contribution is 7.70. The van der Waals surface area contributed by atoms with Crippen LogP contribution < -0.4 is 35.6 Å². The van der Waals surface area contributed by atoms with E-state index in [1.165, 1.54) is 31.6 Å². The van der Waals surface area contributed by atoms with Crippen molar-refractivity contribution in [2.24, 2.45) is 4.99 Å². The van der Waals surface area contributed by atoms with Crippen LogP contribution in [0.1, 0.15) is 12.8 Å². The van der Waals surface area contributed by atoms with Gasteiger partial charge < -0.3 is 39.8 Å². The second kappa shape index (κ2) is 13.2. The lowest BCUT2D eigenvalue weighted by Crippen LogP contribution is -2.52. The topological polar surface area (TPSA) is 93.7 Å². The molecule has 2 fully saturated rings. The van der Waals surface area contributed by atoms with Gasteiger partial charge in [-0.25, -0.2) is 4.99 Å². The van der Waals surface area contributed by atoms with Gasteiger partial charge in [0.2, 0.25) is 0 Å². The quantitative estimate of drug-likeness (QED) is 0.380. The molecule has 2 saturated heterocycles. The number of methoxy groups -OCH3 is 2. The Labute approximate surface area is 254 Å². The monoisotopic (exact) mass is 615 g/mol. The summed E-state index contributed by atoms with van der Waals surface area (Å²) in [7, 11) is 3.05. The molecule has 3 heterocycles. The molecule has 0 aliphatic carbocycles. The van der Waals surface area contributed by atoms with E-state index in [4.69, 9.17) is 26.1 Å². The predicted molar refractivity (Wildman–Crippen MR) is 175 cm³/mol. The number of aliphatic imine (C=N–C) groups is 1. The molecule has 42 heavy (non-hydrogen) atoms. The Balaban J connectivity index is 1.24. The number of rotatable bonds is 8. The Bertz CT molecular complexity index is 1360. The number of nitrogens with zero attached hydrogens (tertiary/aromatic N) is 4. The van der Waals surface area contributed by atoms with Gasteiger partial charge in [0.1, 0.15) is 24.5 Å². The van der Waals surface area contributed by atoms with E-state index in [0.717, 1.165) is 42.9 Å². The van der Waals surface area contributed by atoms with Gasteiger partial charge in [0, 0.05) is 68.6 Å². The van der Waals surface area contributed by atoms with Crippen molar-refractivity contribution >= 4 is 46.9 Å². The van der Waals surface area contributed by atoms with E-state index < -0.39 is 13.4 Å². The van der Waals surface area contributed by atoms with Crippen LogP contribution in [-0.2, 0) is 4.57 Å². The van der Waals surface area contributed by atoms with Crippen LogP contribution in [0.25, 0.3) is 0 Å². The van der Waals surface area contributed by atoms with Gasteiger partial charge in [-0.15, -0.1) is 0 Å². The molecule has 1 unspecified atom stereocenters. The van der Waals surface area contributed by atoms with Crippen molar-refractivity contribution < 1.29 is 14.0 Å². The van der Waals surface area contributed by atoms with Crippen LogP contribution in [0.3, 0.4) is 0 Å². The summed E-state index contributed by atoms with van der Waals surface area (Å²) in [6.07, 6.45) is 3.58.